The van der Waals surface area contributed by atoms with Gasteiger partial charge < -0.3 is 11.5 Å². The topological polar surface area (TPSA) is 52.0 Å². The van der Waals surface area contributed by atoms with Gasteiger partial charge in [-0.2, -0.15) is 0 Å². The van der Waals surface area contributed by atoms with Gasteiger partial charge in [0.25, 0.3) is 0 Å². The number of hydrogen-bond acceptors (Lipinski definition) is 2. The van der Waals surface area contributed by atoms with E-state index in [-0.39, 0.29) is 0 Å². The van der Waals surface area contributed by atoms with Crippen LogP contribution < -0.4 is 11.5 Å². The van der Waals surface area contributed by atoms with Crippen molar-refractivity contribution in [2.45, 2.75) is 12.0 Å². The highest BCUT2D eigenvalue weighted by molar-refractivity contribution is 6.31. The third-order valence-corrected chi connectivity index (χ3v) is 4.22. The Balaban J connectivity index is 2.18. The zero-order valence-electron chi connectivity index (χ0n) is 11.6. The Morgan fingerprint density at radius 1 is 0.952 bits per heavy atom. The van der Waals surface area contributed by atoms with Gasteiger partial charge >= 0.3 is 0 Å². The van der Waals surface area contributed by atoms with Crippen molar-refractivity contribution in [2.24, 2.45) is 11.5 Å². The van der Waals surface area contributed by atoms with Crippen LogP contribution >= 0.6 is 11.6 Å². The maximum Gasteiger partial charge on any atom is 0.0722 e. The normalized spacial score (nSPS) is 21.6. The molecule has 0 radical (unpaired) electrons. The molecule has 4 N–H and O–H groups in total. The van der Waals surface area contributed by atoms with E-state index in [9.17, 15) is 0 Å². The minimum Gasteiger partial charge on any atom is -0.399 e. The second kappa shape index (κ2) is 5.40. The van der Waals surface area contributed by atoms with Gasteiger partial charge in [0.05, 0.1) is 5.54 Å². The van der Waals surface area contributed by atoms with Crippen molar-refractivity contribution in [3.05, 3.63) is 88.6 Å². The summed E-state index contributed by atoms with van der Waals surface area (Å²) in [5.74, 6) is 0. The van der Waals surface area contributed by atoms with Gasteiger partial charge in [0, 0.05) is 10.7 Å². The molecule has 1 atom stereocenters. The molecule has 21 heavy (non-hydrogen) atoms. The van der Waals surface area contributed by atoms with Gasteiger partial charge in [-0.15, -0.1) is 0 Å². The minimum atomic E-state index is -0.664. The lowest BCUT2D eigenvalue weighted by Crippen LogP contribution is -2.39. The van der Waals surface area contributed by atoms with E-state index >= 15 is 0 Å². The molecule has 0 saturated heterocycles. The van der Waals surface area contributed by atoms with Crippen molar-refractivity contribution in [1.29, 1.82) is 0 Å². The number of benzene rings is 2. The number of halogens is 1. The second-order valence-corrected chi connectivity index (χ2v) is 5.69. The van der Waals surface area contributed by atoms with Crippen LogP contribution in [0.15, 0.2) is 72.4 Å². The predicted molar refractivity (Wildman–Crippen MR) is 88.6 cm³/mol. The Hall–Kier alpha value is -2.03. The summed E-state index contributed by atoms with van der Waals surface area (Å²) in [4.78, 5) is 0. The maximum atomic E-state index is 6.77. The minimum absolute atomic E-state index is 0.628. The first-order chi connectivity index (χ1) is 10.1. The number of rotatable bonds is 2. The molecule has 0 amide bonds. The van der Waals surface area contributed by atoms with Gasteiger partial charge in [0.1, 0.15) is 0 Å². The molecular formula is C18H17ClN2. The van der Waals surface area contributed by atoms with E-state index in [4.69, 9.17) is 23.1 Å². The molecule has 1 aliphatic carbocycles. The zero-order valence-corrected chi connectivity index (χ0v) is 12.3. The Labute approximate surface area is 129 Å². The van der Waals surface area contributed by atoms with Crippen LogP contribution in [-0.4, -0.2) is 0 Å². The van der Waals surface area contributed by atoms with Crippen LogP contribution in [-0.2, 0) is 5.54 Å². The molecule has 106 valence electrons. The van der Waals surface area contributed by atoms with E-state index in [2.05, 4.69) is 0 Å². The molecule has 0 aliphatic heterocycles. The number of allylic oxidation sites excluding steroid dienone is 1. The van der Waals surface area contributed by atoms with Gasteiger partial charge in [0.15, 0.2) is 0 Å². The first kappa shape index (κ1) is 13.9. The van der Waals surface area contributed by atoms with Gasteiger partial charge in [-0.1, -0.05) is 66.2 Å². The Morgan fingerprint density at radius 3 is 2.33 bits per heavy atom. The van der Waals surface area contributed by atoms with Crippen molar-refractivity contribution < 1.29 is 0 Å². The van der Waals surface area contributed by atoms with Crippen LogP contribution in [0.3, 0.4) is 0 Å². The summed E-state index contributed by atoms with van der Waals surface area (Å²) in [7, 11) is 0. The molecule has 0 bridgehead atoms. The standard InChI is InChI=1S/C18H17ClN2/c19-17-9-5-4-8-15(17)18(21)11-10-14(20)12-16(18)13-6-2-1-3-7-13/h1-10,12H,11,20-21H2. The molecule has 1 unspecified atom stereocenters. The summed E-state index contributed by atoms with van der Waals surface area (Å²) in [6.07, 6.45) is 4.53. The summed E-state index contributed by atoms with van der Waals surface area (Å²) < 4.78 is 0. The molecular weight excluding hydrogens is 280 g/mol. The third-order valence-electron chi connectivity index (χ3n) is 3.89. The summed E-state index contributed by atoms with van der Waals surface area (Å²) >= 11 is 6.38. The fraction of sp³-hybridized carbons (Fsp3) is 0.111. The average Bonchev–Trinajstić information content (AvgIpc) is 2.51. The van der Waals surface area contributed by atoms with E-state index in [0.717, 1.165) is 22.4 Å². The fourth-order valence-corrected chi connectivity index (χ4v) is 3.08. The van der Waals surface area contributed by atoms with Crippen LogP contribution in [0.5, 0.6) is 0 Å². The lowest BCUT2D eigenvalue weighted by molar-refractivity contribution is 0.583. The quantitative estimate of drug-likeness (QED) is 0.885. The van der Waals surface area contributed by atoms with E-state index in [1.807, 2.05) is 66.7 Å². The van der Waals surface area contributed by atoms with Crippen molar-refractivity contribution in [2.75, 3.05) is 0 Å². The fourth-order valence-electron chi connectivity index (χ4n) is 2.78. The highest BCUT2D eigenvalue weighted by atomic mass is 35.5. The van der Waals surface area contributed by atoms with Gasteiger partial charge in [-0.3, -0.25) is 0 Å². The SMILES string of the molecule is NC1=CCC(N)(c2ccccc2Cl)C(c2ccccc2)=C1. The summed E-state index contributed by atoms with van der Waals surface area (Å²) in [5.41, 5.74) is 15.8. The number of hydrogen-bond donors (Lipinski definition) is 2. The molecule has 1 aliphatic rings. The molecule has 2 aromatic carbocycles. The third kappa shape index (κ3) is 2.48. The maximum absolute atomic E-state index is 6.77. The summed E-state index contributed by atoms with van der Waals surface area (Å²) in [6, 6.07) is 17.8. The van der Waals surface area contributed by atoms with Crippen molar-refractivity contribution in [3.8, 4) is 0 Å². The van der Waals surface area contributed by atoms with Crippen molar-refractivity contribution >= 4 is 17.2 Å². The lowest BCUT2D eigenvalue weighted by Gasteiger charge is -2.35. The monoisotopic (exact) mass is 296 g/mol. The Kier molecular flexibility index (Phi) is 3.58. The second-order valence-electron chi connectivity index (χ2n) is 5.28. The molecule has 0 heterocycles. The highest BCUT2D eigenvalue weighted by Gasteiger charge is 2.35. The Morgan fingerprint density at radius 2 is 1.62 bits per heavy atom. The zero-order chi connectivity index (χ0) is 14.9. The van der Waals surface area contributed by atoms with Crippen LogP contribution in [0, 0.1) is 0 Å². The molecule has 3 rings (SSSR count). The molecule has 0 spiro atoms. The summed E-state index contributed by atoms with van der Waals surface area (Å²) in [6.45, 7) is 0. The first-order valence-electron chi connectivity index (χ1n) is 6.88. The van der Waals surface area contributed by atoms with Gasteiger partial charge in [0.2, 0.25) is 0 Å². The molecule has 0 aromatic heterocycles. The summed E-state index contributed by atoms with van der Waals surface area (Å²) in [5, 5.41) is 0.677. The molecule has 3 heteroatoms. The Bertz CT molecular complexity index is 719. The van der Waals surface area contributed by atoms with E-state index in [0.29, 0.717) is 11.4 Å². The van der Waals surface area contributed by atoms with Crippen LogP contribution in [0.25, 0.3) is 5.57 Å². The van der Waals surface area contributed by atoms with Crippen LogP contribution in [0.1, 0.15) is 17.5 Å². The molecule has 2 nitrogen and oxygen atoms in total. The molecule has 0 saturated carbocycles. The van der Waals surface area contributed by atoms with Crippen molar-refractivity contribution in [3.63, 3.8) is 0 Å². The van der Waals surface area contributed by atoms with Crippen molar-refractivity contribution in [1.82, 2.24) is 0 Å². The van der Waals surface area contributed by atoms with Gasteiger partial charge in [-0.05, 0) is 35.3 Å². The predicted octanol–water partition coefficient (Wildman–Crippen LogP) is 3.82. The van der Waals surface area contributed by atoms with E-state index in [1.165, 1.54) is 0 Å². The highest BCUT2D eigenvalue weighted by Crippen LogP contribution is 2.42. The largest absolute Gasteiger partial charge is 0.399 e. The molecule has 0 fully saturated rings. The number of nitrogens with two attached hydrogens (primary N) is 2. The molecule has 2 aromatic rings. The van der Waals surface area contributed by atoms with Crippen LogP contribution in [0.4, 0.5) is 0 Å². The van der Waals surface area contributed by atoms with Gasteiger partial charge in [-0.25, -0.2) is 0 Å². The van der Waals surface area contributed by atoms with Crippen LogP contribution in [0.2, 0.25) is 5.02 Å². The average molecular weight is 297 g/mol. The van der Waals surface area contributed by atoms with E-state index in [1.54, 1.807) is 0 Å². The van der Waals surface area contributed by atoms with E-state index < -0.39 is 5.54 Å². The smallest absolute Gasteiger partial charge is 0.0722 e. The first-order valence-corrected chi connectivity index (χ1v) is 7.26. The lowest BCUT2D eigenvalue weighted by atomic mass is 9.75.